The van der Waals surface area contributed by atoms with Crippen molar-refractivity contribution >= 4 is 11.6 Å². The van der Waals surface area contributed by atoms with Crippen molar-refractivity contribution in [1.29, 1.82) is 0 Å². The lowest BCUT2D eigenvalue weighted by atomic mass is 10.1. The number of carboxylic acids is 1. The van der Waals surface area contributed by atoms with Crippen LogP contribution in [0.3, 0.4) is 0 Å². The molecule has 3 aromatic rings. The summed E-state index contributed by atoms with van der Waals surface area (Å²) < 4.78 is 46.0. The Morgan fingerprint density at radius 3 is 2.68 bits per heavy atom. The number of pyridine rings is 1. The van der Waals surface area contributed by atoms with Crippen LogP contribution >= 0.6 is 0 Å². The Balaban J connectivity index is 2.39. The highest BCUT2D eigenvalue weighted by Gasteiger charge is 2.36. The molecule has 0 amide bonds. The SMILES string of the molecule is Cc1c(C(=O)O)nc2c(C(F)(F)F)cc(-c3ccco3)cn12. The Bertz CT molecular complexity index is 864. The van der Waals surface area contributed by atoms with Crippen LogP contribution in [0.2, 0.25) is 0 Å². The molecule has 22 heavy (non-hydrogen) atoms. The summed E-state index contributed by atoms with van der Waals surface area (Å²) in [6, 6.07) is 3.97. The fourth-order valence-corrected chi connectivity index (χ4v) is 2.25. The van der Waals surface area contributed by atoms with Crippen LogP contribution in [0, 0.1) is 6.92 Å². The number of fused-ring (bicyclic) bond motifs is 1. The van der Waals surface area contributed by atoms with Gasteiger partial charge in [0, 0.05) is 11.8 Å². The second-order valence-electron chi connectivity index (χ2n) is 4.66. The minimum absolute atomic E-state index is 0.112. The fraction of sp³-hybridized carbons (Fsp3) is 0.143. The lowest BCUT2D eigenvalue weighted by Gasteiger charge is -2.10. The first-order chi connectivity index (χ1) is 10.3. The number of aromatic carboxylic acids is 1. The van der Waals surface area contributed by atoms with Gasteiger partial charge in [-0.15, -0.1) is 0 Å². The molecule has 3 aromatic heterocycles. The predicted octanol–water partition coefficient (Wildman–Crippen LogP) is 3.62. The molecule has 0 unspecified atom stereocenters. The molecule has 0 saturated heterocycles. The summed E-state index contributed by atoms with van der Waals surface area (Å²) in [5, 5.41) is 9.04. The topological polar surface area (TPSA) is 67.7 Å². The smallest absolute Gasteiger partial charge is 0.420 e. The first-order valence-electron chi connectivity index (χ1n) is 6.16. The maximum absolute atomic E-state index is 13.3. The Hall–Kier alpha value is -2.77. The van der Waals surface area contributed by atoms with Crippen molar-refractivity contribution in [3.8, 4) is 11.3 Å². The van der Waals surface area contributed by atoms with Gasteiger partial charge in [-0.05, 0) is 25.1 Å². The molecule has 0 aliphatic heterocycles. The molecule has 1 N–H and O–H groups in total. The van der Waals surface area contributed by atoms with Gasteiger partial charge in [-0.1, -0.05) is 0 Å². The van der Waals surface area contributed by atoms with Crippen LogP contribution in [0.4, 0.5) is 13.2 Å². The Morgan fingerprint density at radius 2 is 2.14 bits per heavy atom. The number of rotatable bonds is 2. The normalized spacial score (nSPS) is 12.0. The molecule has 0 aromatic carbocycles. The molecule has 3 heterocycles. The average molecular weight is 310 g/mol. The third-order valence-electron chi connectivity index (χ3n) is 3.27. The van der Waals surface area contributed by atoms with E-state index < -0.39 is 29.1 Å². The van der Waals surface area contributed by atoms with E-state index in [0.717, 1.165) is 10.5 Å². The van der Waals surface area contributed by atoms with Gasteiger partial charge in [-0.3, -0.25) is 0 Å². The monoisotopic (exact) mass is 310 g/mol. The summed E-state index contributed by atoms with van der Waals surface area (Å²) in [6.45, 7) is 1.40. The van der Waals surface area contributed by atoms with E-state index >= 15 is 0 Å². The van der Waals surface area contributed by atoms with Crippen LogP contribution in [0.5, 0.6) is 0 Å². The highest BCUT2D eigenvalue weighted by molar-refractivity contribution is 5.88. The zero-order valence-electron chi connectivity index (χ0n) is 11.2. The summed E-state index contributed by atoms with van der Waals surface area (Å²) in [5.74, 6) is -1.13. The van der Waals surface area contributed by atoms with Crippen LogP contribution < -0.4 is 0 Å². The number of aromatic nitrogens is 2. The van der Waals surface area contributed by atoms with E-state index in [9.17, 15) is 18.0 Å². The Morgan fingerprint density at radius 1 is 1.41 bits per heavy atom. The number of halogens is 3. The van der Waals surface area contributed by atoms with E-state index in [0.29, 0.717) is 0 Å². The molecule has 3 rings (SSSR count). The van der Waals surface area contributed by atoms with Crippen molar-refractivity contribution in [1.82, 2.24) is 9.38 Å². The number of carboxylic acid groups (broad SMARTS) is 1. The molecule has 114 valence electrons. The minimum Gasteiger partial charge on any atom is -0.476 e. The van der Waals surface area contributed by atoms with Gasteiger partial charge in [0.1, 0.15) is 11.4 Å². The van der Waals surface area contributed by atoms with Crippen molar-refractivity contribution in [2.45, 2.75) is 13.1 Å². The van der Waals surface area contributed by atoms with Gasteiger partial charge in [0.2, 0.25) is 0 Å². The molecule has 0 atom stereocenters. The van der Waals surface area contributed by atoms with Gasteiger partial charge in [0.15, 0.2) is 5.69 Å². The van der Waals surface area contributed by atoms with Crippen LogP contribution in [0.15, 0.2) is 35.1 Å². The van der Waals surface area contributed by atoms with Crippen molar-refractivity contribution in [3.05, 3.63) is 47.6 Å². The number of hydrogen-bond acceptors (Lipinski definition) is 3. The Kier molecular flexibility index (Phi) is 2.98. The fourth-order valence-electron chi connectivity index (χ4n) is 2.25. The molecule has 5 nitrogen and oxygen atoms in total. The van der Waals surface area contributed by atoms with Gasteiger partial charge in [-0.2, -0.15) is 13.2 Å². The quantitative estimate of drug-likeness (QED) is 0.785. The van der Waals surface area contributed by atoms with Gasteiger partial charge in [0.05, 0.1) is 17.5 Å². The molecule has 8 heteroatoms. The average Bonchev–Trinajstić information content (AvgIpc) is 3.05. The van der Waals surface area contributed by atoms with Crippen molar-refractivity contribution in [2.75, 3.05) is 0 Å². The van der Waals surface area contributed by atoms with E-state index in [1.165, 1.54) is 25.5 Å². The molecule has 0 spiro atoms. The minimum atomic E-state index is -4.67. The standard InChI is InChI=1S/C14H9F3N2O3/c1-7-11(13(20)21)18-12-9(14(15,16)17)5-8(6-19(7)12)10-3-2-4-22-10/h2-6H,1H3,(H,20,21). The molecule has 0 aliphatic carbocycles. The number of alkyl halides is 3. The number of nitrogens with zero attached hydrogens (tertiary/aromatic N) is 2. The number of carbonyl (C=O) groups is 1. The molecular weight excluding hydrogens is 301 g/mol. The molecule has 0 saturated carbocycles. The summed E-state index contributed by atoms with van der Waals surface area (Å²) in [4.78, 5) is 14.7. The van der Waals surface area contributed by atoms with Gasteiger partial charge in [0.25, 0.3) is 0 Å². The second-order valence-corrected chi connectivity index (χ2v) is 4.66. The second kappa shape index (κ2) is 4.62. The molecule has 0 fully saturated rings. The summed E-state index contributed by atoms with van der Waals surface area (Å²) in [6.07, 6.45) is -1.95. The van der Waals surface area contributed by atoms with Crippen LogP contribution in [-0.2, 0) is 6.18 Å². The van der Waals surface area contributed by atoms with Gasteiger partial charge in [-0.25, -0.2) is 9.78 Å². The number of aryl methyl sites for hydroxylation is 1. The predicted molar refractivity (Wildman–Crippen MR) is 69.6 cm³/mol. The van der Waals surface area contributed by atoms with Crippen molar-refractivity contribution < 1.29 is 27.5 Å². The van der Waals surface area contributed by atoms with Crippen LogP contribution in [0.1, 0.15) is 21.7 Å². The first kappa shape index (κ1) is 14.2. The zero-order valence-corrected chi connectivity index (χ0v) is 11.2. The lowest BCUT2D eigenvalue weighted by molar-refractivity contribution is -0.136. The third kappa shape index (κ3) is 2.12. The third-order valence-corrected chi connectivity index (χ3v) is 3.27. The van der Waals surface area contributed by atoms with E-state index in [2.05, 4.69) is 4.98 Å². The van der Waals surface area contributed by atoms with E-state index in [-0.39, 0.29) is 17.0 Å². The van der Waals surface area contributed by atoms with Crippen molar-refractivity contribution in [3.63, 3.8) is 0 Å². The summed E-state index contributed by atoms with van der Waals surface area (Å²) in [7, 11) is 0. The molecule has 0 aliphatic rings. The van der Waals surface area contributed by atoms with E-state index in [1.807, 2.05) is 0 Å². The summed E-state index contributed by atoms with van der Waals surface area (Å²) in [5.41, 5.74) is -1.58. The Labute approximate surface area is 121 Å². The zero-order chi connectivity index (χ0) is 16.1. The van der Waals surface area contributed by atoms with E-state index in [4.69, 9.17) is 9.52 Å². The largest absolute Gasteiger partial charge is 0.476 e. The maximum atomic E-state index is 13.3. The van der Waals surface area contributed by atoms with E-state index in [1.54, 1.807) is 6.07 Å². The number of hydrogen-bond donors (Lipinski definition) is 1. The summed E-state index contributed by atoms with van der Waals surface area (Å²) >= 11 is 0. The van der Waals surface area contributed by atoms with Crippen LogP contribution in [-0.4, -0.2) is 20.5 Å². The molecule has 0 radical (unpaired) electrons. The lowest BCUT2D eigenvalue weighted by Crippen LogP contribution is -2.08. The maximum Gasteiger partial charge on any atom is 0.420 e. The number of furan rings is 1. The van der Waals surface area contributed by atoms with Gasteiger partial charge >= 0.3 is 12.1 Å². The van der Waals surface area contributed by atoms with Crippen LogP contribution in [0.25, 0.3) is 17.0 Å². The van der Waals surface area contributed by atoms with Gasteiger partial charge < -0.3 is 13.9 Å². The van der Waals surface area contributed by atoms with Crippen molar-refractivity contribution in [2.24, 2.45) is 0 Å². The number of imidazole rings is 1. The molecular formula is C14H9F3N2O3. The highest BCUT2D eigenvalue weighted by atomic mass is 19.4. The highest BCUT2D eigenvalue weighted by Crippen LogP contribution is 2.36. The first-order valence-corrected chi connectivity index (χ1v) is 6.16. The molecule has 0 bridgehead atoms.